The number of H-pyrrole nitrogens is 1. The highest BCUT2D eigenvalue weighted by atomic mass is 79.9. The number of amides is 2. The summed E-state index contributed by atoms with van der Waals surface area (Å²) < 4.78 is 5.98. The summed E-state index contributed by atoms with van der Waals surface area (Å²) in [6, 6.07) is 14.0. The van der Waals surface area contributed by atoms with Crippen molar-refractivity contribution in [1.82, 2.24) is 9.97 Å². The molecule has 0 radical (unpaired) electrons. The van der Waals surface area contributed by atoms with E-state index >= 15 is 0 Å². The molecule has 0 aliphatic carbocycles. The van der Waals surface area contributed by atoms with E-state index in [-0.39, 0.29) is 23.8 Å². The molecule has 2 amide bonds. The third-order valence-electron chi connectivity index (χ3n) is 4.73. The second-order valence-corrected chi connectivity index (χ2v) is 7.75. The zero-order valence-corrected chi connectivity index (χ0v) is 17.9. The standard InChI is InChI=1S/C21H18BrN5O4/c1-31-14-8-6-13(7-9-14)24-21-26-18-17(20(30)27-21)15(10-16(28)25-18)19(29)23-12-4-2-11(22)3-5-12/h2-9,15H,10H2,1H3,(H,23,29)(H3,24,25,26,27,28,30)/t15-/m1/s1. The smallest absolute Gasteiger partial charge is 0.258 e. The van der Waals surface area contributed by atoms with Gasteiger partial charge in [0.25, 0.3) is 5.56 Å². The lowest BCUT2D eigenvalue weighted by Gasteiger charge is -2.23. The van der Waals surface area contributed by atoms with Crippen LogP contribution < -0.4 is 26.2 Å². The van der Waals surface area contributed by atoms with Crippen LogP contribution in [0.1, 0.15) is 17.9 Å². The van der Waals surface area contributed by atoms with Gasteiger partial charge in [0.1, 0.15) is 11.6 Å². The molecule has 1 aromatic heterocycles. The average Bonchev–Trinajstić information content (AvgIpc) is 2.75. The van der Waals surface area contributed by atoms with Crippen molar-refractivity contribution in [1.29, 1.82) is 0 Å². The Morgan fingerprint density at radius 1 is 1.10 bits per heavy atom. The van der Waals surface area contributed by atoms with Crippen LogP contribution in [0.2, 0.25) is 0 Å². The van der Waals surface area contributed by atoms with Crippen LogP contribution in [-0.4, -0.2) is 28.9 Å². The van der Waals surface area contributed by atoms with Crippen LogP contribution >= 0.6 is 15.9 Å². The number of benzene rings is 2. The lowest BCUT2D eigenvalue weighted by atomic mass is 9.92. The highest BCUT2D eigenvalue weighted by molar-refractivity contribution is 9.10. The summed E-state index contributed by atoms with van der Waals surface area (Å²) in [6.07, 6.45) is -0.147. The van der Waals surface area contributed by atoms with Gasteiger partial charge in [-0.1, -0.05) is 15.9 Å². The largest absolute Gasteiger partial charge is 0.497 e. The van der Waals surface area contributed by atoms with E-state index in [1.165, 1.54) is 0 Å². The van der Waals surface area contributed by atoms with E-state index in [4.69, 9.17) is 4.74 Å². The molecule has 4 rings (SSSR count). The van der Waals surface area contributed by atoms with E-state index in [9.17, 15) is 14.4 Å². The van der Waals surface area contributed by atoms with Crippen LogP contribution in [0.25, 0.3) is 0 Å². The predicted octanol–water partition coefficient (Wildman–Crippen LogP) is 3.35. The van der Waals surface area contributed by atoms with Gasteiger partial charge < -0.3 is 20.7 Å². The third-order valence-corrected chi connectivity index (χ3v) is 5.26. The summed E-state index contributed by atoms with van der Waals surface area (Å²) in [5.74, 6) is -0.920. The predicted molar refractivity (Wildman–Crippen MR) is 120 cm³/mol. The fraction of sp³-hybridized carbons (Fsp3) is 0.143. The number of carbonyl (C=O) groups excluding carboxylic acids is 2. The monoisotopic (exact) mass is 483 g/mol. The highest BCUT2D eigenvalue weighted by Gasteiger charge is 2.34. The van der Waals surface area contributed by atoms with Crippen LogP contribution in [0.4, 0.5) is 23.1 Å². The van der Waals surface area contributed by atoms with Crippen LogP contribution in [0.15, 0.2) is 57.8 Å². The zero-order chi connectivity index (χ0) is 22.0. The van der Waals surface area contributed by atoms with E-state index in [1.807, 2.05) is 0 Å². The molecule has 0 bridgehead atoms. The van der Waals surface area contributed by atoms with Gasteiger partial charge in [-0.05, 0) is 48.5 Å². The molecule has 1 aliphatic rings. The number of aromatic nitrogens is 2. The van der Waals surface area contributed by atoms with Gasteiger partial charge in [-0.15, -0.1) is 0 Å². The number of anilines is 4. The third kappa shape index (κ3) is 4.58. The fourth-order valence-electron chi connectivity index (χ4n) is 3.23. The summed E-state index contributed by atoms with van der Waals surface area (Å²) >= 11 is 3.33. The lowest BCUT2D eigenvalue weighted by molar-refractivity contribution is -0.123. The van der Waals surface area contributed by atoms with Crippen LogP contribution in [0.5, 0.6) is 5.75 Å². The average molecular weight is 484 g/mol. The Morgan fingerprint density at radius 2 is 1.77 bits per heavy atom. The minimum atomic E-state index is -0.960. The molecule has 0 saturated carbocycles. The maximum absolute atomic E-state index is 12.8. The van der Waals surface area contributed by atoms with Gasteiger partial charge in [-0.3, -0.25) is 19.4 Å². The number of methoxy groups -OCH3 is 1. The molecule has 1 aliphatic heterocycles. The molecular formula is C21H18BrN5O4. The van der Waals surface area contributed by atoms with E-state index in [1.54, 1.807) is 55.6 Å². The molecule has 0 unspecified atom stereocenters. The normalized spacial score (nSPS) is 14.9. The van der Waals surface area contributed by atoms with Crippen molar-refractivity contribution in [3.63, 3.8) is 0 Å². The number of halogens is 1. The molecule has 0 spiro atoms. The molecule has 31 heavy (non-hydrogen) atoms. The maximum atomic E-state index is 12.8. The molecule has 10 heteroatoms. The maximum Gasteiger partial charge on any atom is 0.258 e. The Hall–Kier alpha value is -3.66. The molecule has 3 aromatic rings. The number of nitrogens with zero attached hydrogens (tertiary/aromatic N) is 1. The van der Waals surface area contributed by atoms with Crippen molar-refractivity contribution in [3.8, 4) is 5.75 Å². The van der Waals surface area contributed by atoms with E-state index in [2.05, 4.69) is 41.8 Å². The Labute approximate surface area is 185 Å². The molecule has 9 nitrogen and oxygen atoms in total. The first-order valence-electron chi connectivity index (χ1n) is 9.34. The number of aromatic amines is 1. The molecule has 0 saturated heterocycles. The van der Waals surface area contributed by atoms with Crippen molar-refractivity contribution in [2.75, 3.05) is 23.1 Å². The van der Waals surface area contributed by atoms with Crippen molar-refractivity contribution in [2.24, 2.45) is 0 Å². The SMILES string of the molecule is COc1ccc(Nc2nc3c(c(=O)[nH]2)[C@H](C(=O)Nc2ccc(Br)cc2)CC(=O)N3)cc1. The molecule has 1 atom stereocenters. The summed E-state index contributed by atoms with van der Waals surface area (Å²) in [5, 5.41) is 8.30. The summed E-state index contributed by atoms with van der Waals surface area (Å²) in [4.78, 5) is 44.8. The van der Waals surface area contributed by atoms with E-state index in [0.717, 1.165) is 4.47 Å². The summed E-state index contributed by atoms with van der Waals surface area (Å²) in [7, 11) is 1.57. The van der Waals surface area contributed by atoms with Crippen LogP contribution in [-0.2, 0) is 9.59 Å². The Kier molecular flexibility index (Phi) is 5.72. The first-order valence-corrected chi connectivity index (χ1v) is 10.1. The number of carbonyl (C=O) groups is 2. The van der Waals surface area contributed by atoms with Gasteiger partial charge >= 0.3 is 0 Å². The van der Waals surface area contributed by atoms with Crippen molar-refractivity contribution < 1.29 is 14.3 Å². The number of rotatable bonds is 5. The summed E-state index contributed by atoms with van der Waals surface area (Å²) in [6.45, 7) is 0. The van der Waals surface area contributed by atoms with Crippen molar-refractivity contribution in [2.45, 2.75) is 12.3 Å². The van der Waals surface area contributed by atoms with Gasteiger partial charge in [0, 0.05) is 22.3 Å². The number of ether oxygens (including phenoxy) is 1. The minimum absolute atomic E-state index is 0.0620. The van der Waals surface area contributed by atoms with Gasteiger partial charge in [-0.2, -0.15) is 4.98 Å². The molecule has 158 valence electrons. The van der Waals surface area contributed by atoms with Crippen LogP contribution in [0, 0.1) is 0 Å². The molecule has 0 fully saturated rings. The van der Waals surface area contributed by atoms with Gasteiger partial charge in [0.2, 0.25) is 17.8 Å². The Morgan fingerprint density at radius 3 is 2.45 bits per heavy atom. The van der Waals surface area contributed by atoms with Crippen LogP contribution in [0.3, 0.4) is 0 Å². The molecular weight excluding hydrogens is 466 g/mol. The minimum Gasteiger partial charge on any atom is -0.497 e. The van der Waals surface area contributed by atoms with E-state index in [0.29, 0.717) is 17.1 Å². The lowest BCUT2D eigenvalue weighted by Crippen LogP contribution is -2.36. The number of fused-ring (bicyclic) bond motifs is 1. The van der Waals surface area contributed by atoms with Crippen molar-refractivity contribution >= 4 is 50.9 Å². The quantitative estimate of drug-likeness (QED) is 0.440. The molecule has 2 heterocycles. The van der Waals surface area contributed by atoms with Gasteiger partial charge in [0.05, 0.1) is 18.6 Å². The van der Waals surface area contributed by atoms with Gasteiger partial charge in [-0.25, -0.2) is 0 Å². The number of hydrogen-bond acceptors (Lipinski definition) is 6. The highest BCUT2D eigenvalue weighted by Crippen LogP contribution is 2.30. The Bertz CT molecular complexity index is 1190. The molecule has 4 N–H and O–H groups in total. The van der Waals surface area contributed by atoms with E-state index < -0.39 is 23.3 Å². The first kappa shape index (κ1) is 20.6. The van der Waals surface area contributed by atoms with Crippen molar-refractivity contribution in [3.05, 3.63) is 68.9 Å². The fourth-order valence-corrected chi connectivity index (χ4v) is 3.49. The first-order chi connectivity index (χ1) is 14.9. The number of nitrogens with one attached hydrogen (secondary N) is 4. The zero-order valence-electron chi connectivity index (χ0n) is 16.4. The van der Waals surface area contributed by atoms with Gasteiger partial charge in [0.15, 0.2) is 0 Å². The molecule has 2 aromatic carbocycles. The summed E-state index contributed by atoms with van der Waals surface area (Å²) in [5.41, 5.74) is 0.838. The second-order valence-electron chi connectivity index (χ2n) is 6.83. The topological polar surface area (TPSA) is 125 Å². The second kappa shape index (κ2) is 8.60. The number of hydrogen-bond donors (Lipinski definition) is 4. The Balaban J connectivity index is 1.60.